The van der Waals surface area contributed by atoms with E-state index in [2.05, 4.69) is 275 Å². The maximum absolute atomic E-state index is 5.43. The van der Waals surface area contributed by atoms with Gasteiger partial charge in [0.25, 0.3) is 0 Å². The van der Waals surface area contributed by atoms with Crippen LogP contribution in [0.3, 0.4) is 0 Å². The molecular formula is C69H50N3Pt-3. The minimum Gasteiger partial charge on any atom is -0.508 e. The Kier molecular flexibility index (Phi) is 10.4. The standard InChI is InChI=1S/C69H50N3.Pt/c1-45-20-17-21-46(2)66(45)48-38-39-70-65(40-48)68(61-34-13-7-28-55(61)56-29-8-14-35-62(56)68)51-24-18-22-49(41-51)67(59-32-11-5-26-53(59)54-27-6-12-33-60(54)67)50-23-19-25-52(42-50)69(72-43-47(3)71(4)44-72)63-36-15-9-30-57(63)58-31-10-16-37-64(58)69;/h5-40,43-44H,1-4H3;/q-3;. The van der Waals surface area contributed by atoms with E-state index in [9.17, 15) is 0 Å². The summed E-state index contributed by atoms with van der Waals surface area (Å²) >= 11 is 0. The van der Waals surface area contributed by atoms with Gasteiger partial charge in [-0.3, -0.25) is 4.98 Å². The van der Waals surface area contributed by atoms with Gasteiger partial charge < -0.3 is 9.80 Å². The molecule has 1 aromatic heterocycles. The van der Waals surface area contributed by atoms with Crippen LogP contribution in [0.25, 0.3) is 44.5 Å². The van der Waals surface area contributed by atoms with Crippen LogP contribution in [-0.2, 0) is 37.4 Å². The van der Waals surface area contributed by atoms with Crippen LogP contribution in [0.1, 0.15) is 79.4 Å². The average molecular weight is 1120 g/mol. The van der Waals surface area contributed by atoms with Crippen LogP contribution in [0, 0.1) is 32.6 Å². The summed E-state index contributed by atoms with van der Waals surface area (Å²) in [7, 11) is 2.14. The molecule has 10 aromatic rings. The molecule has 3 aliphatic carbocycles. The van der Waals surface area contributed by atoms with E-state index in [0.29, 0.717) is 0 Å². The van der Waals surface area contributed by atoms with Crippen LogP contribution in [-0.4, -0.2) is 21.8 Å². The predicted molar refractivity (Wildman–Crippen MR) is 291 cm³/mol. The van der Waals surface area contributed by atoms with Crippen molar-refractivity contribution in [3.8, 4) is 44.5 Å². The first kappa shape index (κ1) is 45.1. The number of aromatic nitrogens is 1. The topological polar surface area (TPSA) is 19.4 Å². The van der Waals surface area contributed by atoms with Gasteiger partial charge in [-0.05, 0) is 141 Å². The van der Waals surface area contributed by atoms with Gasteiger partial charge in [0.15, 0.2) is 0 Å². The average Bonchev–Trinajstić information content (AvgIpc) is 4.14. The molecule has 9 aromatic carbocycles. The van der Waals surface area contributed by atoms with Crippen molar-refractivity contribution in [2.75, 3.05) is 7.05 Å². The summed E-state index contributed by atoms with van der Waals surface area (Å²) in [6.45, 7) is 8.86. The Balaban J connectivity index is 0.00000516. The third kappa shape index (κ3) is 6.07. The van der Waals surface area contributed by atoms with Crippen LogP contribution in [0.4, 0.5) is 0 Å². The molecule has 0 spiro atoms. The monoisotopic (exact) mass is 1120 g/mol. The number of hydrogen-bond acceptors (Lipinski definition) is 3. The van der Waals surface area contributed by atoms with E-state index < -0.39 is 16.4 Å². The molecule has 1 aliphatic heterocycles. The Labute approximate surface area is 443 Å². The number of aryl methyl sites for hydroxylation is 2. The number of hydrogen-bond donors (Lipinski definition) is 0. The Morgan fingerprint density at radius 2 is 0.808 bits per heavy atom. The van der Waals surface area contributed by atoms with Gasteiger partial charge in [0.1, 0.15) is 0 Å². The van der Waals surface area contributed by atoms with Crippen molar-refractivity contribution >= 4 is 0 Å². The second-order valence-electron chi connectivity index (χ2n) is 20.0. The van der Waals surface area contributed by atoms with Crippen molar-refractivity contribution in [2.24, 2.45) is 0 Å². The molecule has 0 amide bonds. The van der Waals surface area contributed by atoms with Crippen molar-refractivity contribution in [3.05, 3.63) is 322 Å². The van der Waals surface area contributed by atoms with Crippen LogP contribution in [0.5, 0.6) is 0 Å². The number of nitrogens with zero attached hydrogens (tertiary/aromatic N) is 3. The minimum atomic E-state index is -0.818. The first-order valence-corrected chi connectivity index (χ1v) is 25.1. The zero-order valence-corrected chi connectivity index (χ0v) is 43.4. The molecule has 73 heavy (non-hydrogen) atoms. The summed E-state index contributed by atoms with van der Waals surface area (Å²) in [4.78, 5) is 10.1. The maximum atomic E-state index is 5.43. The summed E-state index contributed by atoms with van der Waals surface area (Å²) in [6.07, 6.45) is 4.31. The summed E-state index contributed by atoms with van der Waals surface area (Å²) in [5.74, 6) is 0. The van der Waals surface area contributed by atoms with Crippen molar-refractivity contribution in [2.45, 2.75) is 37.1 Å². The zero-order valence-electron chi connectivity index (χ0n) is 41.1. The van der Waals surface area contributed by atoms with Crippen LogP contribution < -0.4 is 0 Å². The molecule has 14 rings (SSSR count). The zero-order chi connectivity index (χ0) is 48.3. The molecule has 0 atom stereocenters. The molecule has 3 nitrogen and oxygen atoms in total. The van der Waals surface area contributed by atoms with E-state index in [-0.39, 0.29) is 21.1 Å². The van der Waals surface area contributed by atoms with E-state index in [4.69, 9.17) is 4.98 Å². The van der Waals surface area contributed by atoms with Gasteiger partial charge in [-0.15, -0.1) is 22.3 Å². The second-order valence-corrected chi connectivity index (χ2v) is 20.0. The number of fused-ring (bicyclic) bond motifs is 9. The fourth-order valence-corrected chi connectivity index (χ4v) is 13.5. The number of allylic oxidation sites excluding steroid dienone is 1. The van der Waals surface area contributed by atoms with Gasteiger partial charge in [-0.25, -0.2) is 0 Å². The van der Waals surface area contributed by atoms with E-state index in [0.717, 1.165) is 33.5 Å². The molecule has 0 fully saturated rings. The Hall–Kier alpha value is -7.84. The van der Waals surface area contributed by atoms with Gasteiger partial charge in [-0.1, -0.05) is 164 Å². The smallest absolute Gasteiger partial charge is 0.0686 e. The van der Waals surface area contributed by atoms with Gasteiger partial charge in [0, 0.05) is 32.7 Å². The van der Waals surface area contributed by atoms with Crippen molar-refractivity contribution in [1.82, 2.24) is 14.8 Å². The van der Waals surface area contributed by atoms with Crippen molar-refractivity contribution in [3.63, 3.8) is 0 Å². The molecule has 4 heteroatoms. The summed E-state index contributed by atoms with van der Waals surface area (Å²) in [5.41, 5.74) is 23.6. The molecule has 4 aliphatic rings. The fraction of sp³-hybridized carbons (Fsp3) is 0.101. The van der Waals surface area contributed by atoms with Gasteiger partial charge >= 0.3 is 0 Å². The normalized spacial score (nSPS) is 15.6. The molecule has 0 radical (unpaired) electrons. The molecule has 0 N–H and O–H groups in total. The molecule has 0 bridgehead atoms. The van der Waals surface area contributed by atoms with E-state index in [1.54, 1.807) is 0 Å². The largest absolute Gasteiger partial charge is 0.508 e. The third-order valence-electron chi connectivity index (χ3n) is 16.5. The van der Waals surface area contributed by atoms with Crippen molar-refractivity contribution < 1.29 is 21.1 Å². The minimum absolute atomic E-state index is 0. The molecule has 354 valence electrons. The number of benzene rings is 9. The van der Waals surface area contributed by atoms with Crippen LogP contribution >= 0.6 is 0 Å². The van der Waals surface area contributed by atoms with E-state index in [1.807, 2.05) is 6.20 Å². The first-order valence-electron chi connectivity index (χ1n) is 25.1. The van der Waals surface area contributed by atoms with Crippen molar-refractivity contribution in [1.29, 1.82) is 0 Å². The number of rotatable bonds is 7. The van der Waals surface area contributed by atoms with E-state index in [1.165, 1.54) is 89.1 Å². The Morgan fingerprint density at radius 1 is 0.425 bits per heavy atom. The predicted octanol–water partition coefficient (Wildman–Crippen LogP) is 15.2. The van der Waals surface area contributed by atoms with Gasteiger partial charge in [-0.2, -0.15) is 55.2 Å². The Bertz CT molecular complexity index is 3740. The third-order valence-corrected chi connectivity index (χ3v) is 16.5. The molecule has 0 saturated heterocycles. The quantitative estimate of drug-likeness (QED) is 0.148. The van der Waals surface area contributed by atoms with Gasteiger partial charge in [0.2, 0.25) is 0 Å². The number of pyridine rings is 1. The molecule has 0 saturated carbocycles. The summed E-state index contributed by atoms with van der Waals surface area (Å²) in [6, 6.07) is 87.4. The molecular weight excluding hydrogens is 1070 g/mol. The Morgan fingerprint density at radius 3 is 1.27 bits per heavy atom. The van der Waals surface area contributed by atoms with Crippen LogP contribution in [0.15, 0.2) is 230 Å². The molecule has 2 heterocycles. The summed E-state index contributed by atoms with van der Waals surface area (Å²) in [5, 5.41) is 0. The van der Waals surface area contributed by atoms with E-state index >= 15 is 0 Å². The first-order chi connectivity index (χ1) is 35.4. The second kappa shape index (κ2) is 16.9. The SMILES string of the molecule is CC1=CN(C2(c3[c-]c(C4(c5[c-]c(C6(c7cc(-c8c(C)cccc8C)ccn7)c7ccccc7-c7ccccc76)ccc5)c5ccccc5-c5ccccc54)ccc3)c3ccccc3-c3ccccc32)[CH-]N1C.[Pt]. The fourth-order valence-electron chi connectivity index (χ4n) is 13.5. The van der Waals surface area contributed by atoms with Gasteiger partial charge in [0.05, 0.1) is 16.6 Å². The maximum Gasteiger partial charge on any atom is 0.0686 e. The van der Waals surface area contributed by atoms with Crippen LogP contribution in [0.2, 0.25) is 0 Å². The summed E-state index contributed by atoms with van der Waals surface area (Å²) < 4.78 is 0. The molecule has 0 unspecified atom stereocenters.